The standard InChI is InChI=1S/C14H12N2O2/c15-16-10-14(17)18-8-7-11-5-6-12-3-1-2-4-13(12)9-11/h1-6,9-10H,7-8H2. The van der Waals surface area contributed by atoms with Crippen LogP contribution in [0.25, 0.3) is 16.3 Å². The summed E-state index contributed by atoms with van der Waals surface area (Å²) in [6.07, 6.45) is 1.37. The number of hydrogen-bond donors (Lipinski definition) is 0. The summed E-state index contributed by atoms with van der Waals surface area (Å²) in [5, 5.41) is 2.35. The molecule has 2 rings (SSSR count). The van der Waals surface area contributed by atoms with Gasteiger partial charge in [-0.05, 0) is 16.3 Å². The molecule has 90 valence electrons. The van der Waals surface area contributed by atoms with Crippen LogP contribution in [0.4, 0.5) is 0 Å². The van der Waals surface area contributed by atoms with Gasteiger partial charge in [0.05, 0.1) is 6.61 Å². The van der Waals surface area contributed by atoms with Gasteiger partial charge in [-0.1, -0.05) is 42.5 Å². The molecule has 0 aliphatic heterocycles. The van der Waals surface area contributed by atoms with Crippen LogP contribution in [0.2, 0.25) is 0 Å². The van der Waals surface area contributed by atoms with Crippen molar-refractivity contribution in [3.63, 3.8) is 0 Å². The zero-order valence-corrected chi connectivity index (χ0v) is 9.74. The molecule has 2 aromatic rings. The largest absolute Gasteiger partial charge is 0.457 e. The lowest BCUT2D eigenvalue weighted by Gasteiger charge is -2.03. The molecule has 0 aliphatic rings. The number of nitrogens with zero attached hydrogens (tertiary/aromatic N) is 2. The van der Waals surface area contributed by atoms with Crippen molar-refractivity contribution in [1.29, 1.82) is 0 Å². The summed E-state index contributed by atoms with van der Waals surface area (Å²) in [6.45, 7) is 0.267. The number of benzene rings is 2. The molecule has 0 fully saturated rings. The van der Waals surface area contributed by atoms with Gasteiger partial charge in [-0.15, -0.1) is 0 Å². The minimum absolute atomic E-state index is 0.267. The lowest BCUT2D eigenvalue weighted by atomic mass is 10.1. The Hall–Kier alpha value is -2.45. The van der Waals surface area contributed by atoms with Gasteiger partial charge >= 0.3 is 12.2 Å². The summed E-state index contributed by atoms with van der Waals surface area (Å²) in [5.74, 6) is -0.640. The fourth-order valence-electron chi connectivity index (χ4n) is 1.75. The van der Waals surface area contributed by atoms with Crippen LogP contribution >= 0.6 is 0 Å². The van der Waals surface area contributed by atoms with Crippen molar-refractivity contribution in [2.24, 2.45) is 0 Å². The molecule has 0 bridgehead atoms. The van der Waals surface area contributed by atoms with E-state index in [-0.39, 0.29) is 6.61 Å². The number of carbonyl (C=O) groups is 1. The third-order valence-electron chi connectivity index (χ3n) is 2.61. The monoisotopic (exact) mass is 240 g/mol. The minimum atomic E-state index is -0.640. The van der Waals surface area contributed by atoms with Crippen LogP contribution < -0.4 is 0 Å². The van der Waals surface area contributed by atoms with Gasteiger partial charge in [0.1, 0.15) is 0 Å². The molecule has 0 radical (unpaired) electrons. The number of ether oxygens (including phenoxy) is 1. The quantitative estimate of drug-likeness (QED) is 0.356. The first-order valence-electron chi connectivity index (χ1n) is 5.61. The molecule has 0 saturated carbocycles. The van der Waals surface area contributed by atoms with Gasteiger partial charge in [0.2, 0.25) is 0 Å². The van der Waals surface area contributed by atoms with E-state index in [2.05, 4.69) is 16.9 Å². The van der Waals surface area contributed by atoms with Gasteiger partial charge in [-0.25, -0.2) is 4.79 Å². The molecule has 0 saturated heterocycles. The molecular weight excluding hydrogens is 228 g/mol. The zero-order valence-electron chi connectivity index (χ0n) is 9.74. The molecule has 0 unspecified atom stereocenters. The molecular formula is C14H12N2O2. The highest BCUT2D eigenvalue weighted by molar-refractivity contribution is 6.20. The van der Waals surface area contributed by atoms with E-state index in [0.717, 1.165) is 11.8 Å². The Bertz CT molecular complexity index is 616. The number of rotatable bonds is 4. The van der Waals surface area contributed by atoms with Crippen molar-refractivity contribution in [3.05, 3.63) is 53.6 Å². The molecule has 4 heteroatoms. The van der Waals surface area contributed by atoms with Gasteiger partial charge in [-0.3, -0.25) is 0 Å². The van der Waals surface area contributed by atoms with Crippen LogP contribution in [-0.2, 0) is 16.0 Å². The molecule has 0 heterocycles. The first-order chi connectivity index (χ1) is 8.79. The molecule has 0 amide bonds. The first kappa shape index (κ1) is 12.0. The lowest BCUT2D eigenvalue weighted by molar-refractivity contribution is -0.138. The third kappa shape index (κ3) is 3.03. The highest BCUT2D eigenvalue weighted by atomic mass is 16.5. The van der Waals surface area contributed by atoms with E-state index >= 15 is 0 Å². The van der Waals surface area contributed by atoms with Gasteiger partial charge in [0, 0.05) is 6.42 Å². The summed E-state index contributed by atoms with van der Waals surface area (Å²) in [6, 6.07) is 14.2. The minimum Gasteiger partial charge on any atom is -0.457 e. The highest BCUT2D eigenvalue weighted by Gasteiger charge is 2.03. The molecule has 18 heavy (non-hydrogen) atoms. The Balaban J connectivity index is 1.99. The average molecular weight is 240 g/mol. The van der Waals surface area contributed by atoms with Crippen molar-refractivity contribution in [2.45, 2.75) is 6.42 Å². The van der Waals surface area contributed by atoms with Gasteiger partial charge in [0.15, 0.2) is 0 Å². The van der Waals surface area contributed by atoms with Crippen molar-refractivity contribution in [3.8, 4) is 0 Å². The predicted octanol–water partition coefficient (Wildman–Crippen LogP) is 2.23. The van der Waals surface area contributed by atoms with Gasteiger partial charge in [-0.2, -0.15) is 4.79 Å². The molecule has 2 aromatic carbocycles. The van der Waals surface area contributed by atoms with Crippen molar-refractivity contribution in [2.75, 3.05) is 6.61 Å². The Morgan fingerprint density at radius 2 is 2.00 bits per heavy atom. The Morgan fingerprint density at radius 1 is 1.22 bits per heavy atom. The molecule has 0 N–H and O–H groups in total. The van der Waals surface area contributed by atoms with Crippen LogP contribution in [0.15, 0.2) is 42.5 Å². The second kappa shape index (κ2) is 5.75. The number of hydrogen-bond acceptors (Lipinski definition) is 2. The Kier molecular flexibility index (Phi) is 3.84. The summed E-state index contributed by atoms with van der Waals surface area (Å²) in [4.78, 5) is 13.5. The van der Waals surface area contributed by atoms with E-state index in [0.29, 0.717) is 6.42 Å². The van der Waals surface area contributed by atoms with Crippen LogP contribution in [0.5, 0.6) is 0 Å². The normalized spacial score (nSPS) is 9.78. The maximum absolute atomic E-state index is 10.9. The van der Waals surface area contributed by atoms with Crippen molar-refractivity contribution in [1.82, 2.24) is 0 Å². The van der Waals surface area contributed by atoms with E-state index < -0.39 is 5.97 Å². The van der Waals surface area contributed by atoms with Crippen molar-refractivity contribution < 1.29 is 14.3 Å². The van der Waals surface area contributed by atoms with E-state index in [4.69, 9.17) is 10.3 Å². The van der Waals surface area contributed by atoms with E-state index in [1.54, 1.807) is 0 Å². The average Bonchev–Trinajstić information content (AvgIpc) is 2.39. The first-order valence-corrected chi connectivity index (χ1v) is 5.61. The SMILES string of the molecule is [N-]=[N+]=CC(=O)OCCc1ccc2ccccc2c1. The topological polar surface area (TPSA) is 62.7 Å². The smallest absolute Gasteiger partial charge is 0.413 e. The number of fused-ring (bicyclic) bond motifs is 1. The fraction of sp³-hybridized carbons (Fsp3) is 0.143. The van der Waals surface area contributed by atoms with Gasteiger partial charge in [0.25, 0.3) is 0 Å². The molecule has 4 nitrogen and oxygen atoms in total. The molecule has 0 spiro atoms. The summed E-state index contributed by atoms with van der Waals surface area (Å²) < 4.78 is 4.85. The number of carbonyl (C=O) groups excluding carboxylic acids is 1. The van der Waals surface area contributed by atoms with Crippen LogP contribution in [0.3, 0.4) is 0 Å². The zero-order chi connectivity index (χ0) is 12.8. The predicted molar refractivity (Wildman–Crippen MR) is 68.3 cm³/mol. The van der Waals surface area contributed by atoms with E-state index in [1.165, 1.54) is 10.8 Å². The third-order valence-corrected chi connectivity index (χ3v) is 2.61. The molecule has 0 atom stereocenters. The second-order valence-corrected chi connectivity index (χ2v) is 3.84. The van der Waals surface area contributed by atoms with E-state index in [9.17, 15) is 4.79 Å². The Labute approximate surface area is 104 Å². The second-order valence-electron chi connectivity index (χ2n) is 3.84. The molecule has 0 aromatic heterocycles. The maximum Gasteiger partial charge on any atom is 0.413 e. The number of esters is 1. The summed E-state index contributed by atoms with van der Waals surface area (Å²) in [7, 11) is 0. The Morgan fingerprint density at radius 3 is 2.78 bits per heavy atom. The van der Waals surface area contributed by atoms with Crippen LogP contribution in [-0.4, -0.2) is 23.6 Å². The lowest BCUT2D eigenvalue weighted by Crippen LogP contribution is -2.08. The van der Waals surface area contributed by atoms with E-state index in [1.807, 2.05) is 30.3 Å². The summed E-state index contributed by atoms with van der Waals surface area (Å²) >= 11 is 0. The molecule has 0 aliphatic carbocycles. The summed E-state index contributed by atoms with van der Waals surface area (Å²) in [5.41, 5.74) is 9.24. The van der Waals surface area contributed by atoms with Crippen molar-refractivity contribution >= 4 is 23.0 Å². The highest BCUT2D eigenvalue weighted by Crippen LogP contribution is 2.15. The van der Waals surface area contributed by atoms with Gasteiger partial charge < -0.3 is 10.3 Å². The van der Waals surface area contributed by atoms with Crippen LogP contribution in [0.1, 0.15) is 5.56 Å². The van der Waals surface area contributed by atoms with Crippen LogP contribution in [0, 0.1) is 0 Å². The maximum atomic E-state index is 10.9. The fourth-order valence-corrected chi connectivity index (χ4v) is 1.75.